The third-order valence-corrected chi connectivity index (χ3v) is 10.2. The van der Waals surface area contributed by atoms with Crippen molar-refractivity contribution in [3.8, 4) is 5.75 Å². The van der Waals surface area contributed by atoms with Gasteiger partial charge in [0, 0.05) is 31.2 Å². The van der Waals surface area contributed by atoms with Gasteiger partial charge >= 0.3 is 0 Å². The van der Waals surface area contributed by atoms with Crippen molar-refractivity contribution < 1.29 is 23.1 Å². The first-order valence-electron chi connectivity index (χ1n) is 13.2. The number of benzene rings is 1. The van der Waals surface area contributed by atoms with Gasteiger partial charge in [-0.2, -0.15) is 0 Å². The van der Waals surface area contributed by atoms with Crippen LogP contribution < -0.4 is 9.46 Å². The fourth-order valence-electron chi connectivity index (χ4n) is 5.32. The van der Waals surface area contributed by atoms with Gasteiger partial charge < -0.3 is 19.6 Å². The van der Waals surface area contributed by atoms with E-state index in [1.54, 1.807) is 34.5 Å². The van der Waals surface area contributed by atoms with Crippen LogP contribution in [0.15, 0.2) is 39.9 Å². The average Bonchev–Trinajstić information content (AvgIpc) is 3.43. The standard InChI is InChI=1S/C27H39N3O5S2/c1-19-15-30(20(2)18-31)27(32)23-14-22(28-37(33,34)26-10-7-13-36-26)11-12-24(23)35-25(19)17-29(3)16-21-8-5-4-6-9-21/h7,10-14,19-21,25,28,31H,4-6,8-9,15-18H2,1-3H3/t19-,20-,25+/m1/s1. The van der Waals surface area contributed by atoms with Gasteiger partial charge in [0.2, 0.25) is 0 Å². The van der Waals surface area contributed by atoms with Gasteiger partial charge in [-0.15, -0.1) is 11.3 Å². The molecule has 0 bridgehead atoms. The van der Waals surface area contributed by atoms with Crippen molar-refractivity contribution in [3.63, 3.8) is 0 Å². The lowest BCUT2D eigenvalue weighted by Gasteiger charge is -2.38. The molecule has 2 N–H and O–H groups in total. The van der Waals surface area contributed by atoms with Crippen LogP contribution in [-0.4, -0.2) is 74.7 Å². The maximum Gasteiger partial charge on any atom is 0.271 e. The monoisotopic (exact) mass is 549 g/mol. The third-order valence-electron chi connectivity index (χ3n) is 7.46. The molecule has 0 saturated heterocycles. The van der Waals surface area contributed by atoms with Gasteiger partial charge in [-0.3, -0.25) is 9.52 Å². The summed E-state index contributed by atoms with van der Waals surface area (Å²) in [5.41, 5.74) is 0.582. The number of rotatable bonds is 9. The Kier molecular flexibility index (Phi) is 9.15. The van der Waals surface area contributed by atoms with Crippen LogP contribution in [0.1, 0.15) is 56.3 Å². The van der Waals surface area contributed by atoms with E-state index in [1.807, 2.05) is 6.92 Å². The summed E-state index contributed by atoms with van der Waals surface area (Å²) in [5.74, 6) is 0.898. The van der Waals surface area contributed by atoms with E-state index in [-0.39, 0.29) is 34.8 Å². The number of nitrogens with one attached hydrogen (secondary N) is 1. The first-order valence-corrected chi connectivity index (χ1v) is 15.5. The summed E-state index contributed by atoms with van der Waals surface area (Å²) in [6, 6.07) is 7.68. The molecule has 8 nitrogen and oxygen atoms in total. The number of anilines is 1. The van der Waals surface area contributed by atoms with Crippen molar-refractivity contribution in [3.05, 3.63) is 41.3 Å². The molecule has 1 amide bonds. The summed E-state index contributed by atoms with van der Waals surface area (Å²) in [5, 5.41) is 11.6. The Bertz CT molecular complexity index is 1150. The van der Waals surface area contributed by atoms with Crippen molar-refractivity contribution in [1.82, 2.24) is 9.80 Å². The van der Waals surface area contributed by atoms with Crippen LogP contribution in [0.3, 0.4) is 0 Å². The smallest absolute Gasteiger partial charge is 0.271 e. The van der Waals surface area contributed by atoms with E-state index in [1.165, 1.54) is 38.2 Å². The van der Waals surface area contributed by atoms with Crippen molar-refractivity contribution in [1.29, 1.82) is 0 Å². The summed E-state index contributed by atoms with van der Waals surface area (Å²) in [6.45, 7) is 5.93. The molecule has 2 heterocycles. The van der Waals surface area contributed by atoms with Crippen LogP contribution in [-0.2, 0) is 10.0 Å². The normalized spacial score (nSPS) is 22.2. The molecule has 1 aromatic carbocycles. The van der Waals surface area contributed by atoms with Crippen molar-refractivity contribution >= 4 is 33.0 Å². The zero-order chi connectivity index (χ0) is 26.6. The topological polar surface area (TPSA) is 99.2 Å². The first kappa shape index (κ1) is 27.9. The van der Waals surface area contributed by atoms with Gasteiger partial charge in [0.15, 0.2) is 0 Å². The molecule has 204 valence electrons. The molecule has 2 aromatic rings. The molecule has 1 aromatic heterocycles. The highest BCUT2D eigenvalue weighted by molar-refractivity contribution is 7.94. The number of sulfonamides is 1. The summed E-state index contributed by atoms with van der Waals surface area (Å²) >= 11 is 1.13. The number of hydrogen-bond donors (Lipinski definition) is 2. The molecule has 3 atom stereocenters. The van der Waals surface area contributed by atoms with Crippen molar-refractivity contribution in [2.24, 2.45) is 11.8 Å². The van der Waals surface area contributed by atoms with E-state index in [9.17, 15) is 18.3 Å². The summed E-state index contributed by atoms with van der Waals surface area (Å²) in [6.07, 6.45) is 6.32. The minimum Gasteiger partial charge on any atom is -0.488 e. The fourth-order valence-corrected chi connectivity index (χ4v) is 7.36. The number of hydrogen-bond acceptors (Lipinski definition) is 7. The average molecular weight is 550 g/mol. The number of fused-ring (bicyclic) bond motifs is 1. The molecule has 37 heavy (non-hydrogen) atoms. The molecular formula is C27H39N3O5S2. The predicted molar refractivity (Wildman–Crippen MR) is 147 cm³/mol. The summed E-state index contributed by atoms with van der Waals surface area (Å²) in [4.78, 5) is 17.6. The number of carbonyl (C=O) groups is 1. The number of amides is 1. The maximum absolute atomic E-state index is 13.6. The summed E-state index contributed by atoms with van der Waals surface area (Å²) in [7, 11) is -1.63. The van der Waals surface area contributed by atoms with Crippen LogP contribution in [0.4, 0.5) is 5.69 Å². The van der Waals surface area contributed by atoms with E-state index in [0.717, 1.165) is 24.4 Å². The zero-order valence-electron chi connectivity index (χ0n) is 21.9. The van der Waals surface area contributed by atoms with Gasteiger partial charge in [0.05, 0.1) is 18.2 Å². The Morgan fingerprint density at radius 1 is 1.22 bits per heavy atom. The zero-order valence-corrected chi connectivity index (χ0v) is 23.6. The van der Waals surface area contributed by atoms with Crippen molar-refractivity contribution in [2.45, 2.75) is 62.3 Å². The van der Waals surface area contributed by atoms with Crippen LogP contribution in [0.5, 0.6) is 5.75 Å². The largest absolute Gasteiger partial charge is 0.488 e. The highest BCUT2D eigenvalue weighted by atomic mass is 32.2. The Balaban J connectivity index is 1.60. The lowest BCUT2D eigenvalue weighted by Crippen LogP contribution is -2.50. The Hall–Kier alpha value is -2.14. The number of nitrogens with zero attached hydrogens (tertiary/aromatic N) is 2. The Morgan fingerprint density at radius 2 is 1.97 bits per heavy atom. The number of aliphatic hydroxyl groups excluding tert-OH is 1. The molecule has 0 spiro atoms. The molecule has 1 aliphatic carbocycles. The number of aliphatic hydroxyl groups is 1. The molecule has 1 aliphatic heterocycles. The van der Waals surface area contributed by atoms with Crippen molar-refractivity contribution in [2.75, 3.05) is 38.0 Å². The lowest BCUT2D eigenvalue weighted by atomic mass is 9.89. The SMILES string of the molecule is C[C@@H]1CN([C@H](C)CO)C(=O)c2cc(NS(=O)(=O)c3cccs3)ccc2O[C@H]1CN(C)CC1CCCCC1. The Morgan fingerprint density at radius 3 is 2.65 bits per heavy atom. The molecular weight excluding hydrogens is 510 g/mol. The first-order chi connectivity index (χ1) is 17.7. The second-order valence-corrected chi connectivity index (χ2v) is 13.5. The fraction of sp³-hybridized carbons (Fsp3) is 0.593. The summed E-state index contributed by atoms with van der Waals surface area (Å²) < 4.78 is 34.8. The number of carbonyl (C=O) groups excluding carboxylic acids is 1. The second kappa shape index (κ2) is 12.1. The second-order valence-electron chi connectivity index (χ2n) is 10.6. The molecule has 10 heteroatoms. The van der Waals surface area contributed by atoms with Crippen LogP contribution in [0.2, 0.25) is 0 Å². The molecule has 4 rings (SSSR count). The maximum atomic E-state index is 13.6. The van der Waals surface area contributed by atoms with Gasteiger partial charge in [0.1, 0.15) is 16.1 Å². The van der Waals surface area contributed by atoms with Gasteiger partial charge in [-0.05, 0) is 62.4 Å². The molecule has 0 unspecified atom stereocenters. The highest BCUT2D eigenvalue weighted by Crippen LogP contribution is 2.32. The minimum atomic E-state index is -3.76. The lowest BCUT2D eigenvalue weighted by molar-refractivity contribution is 0.0330. The predicted octanol–water partition coefficient (Wildman–Crippen LogP) is 4.28. The van der Waals surface area contributed by atoms with Crippen LogP contribution in [0, 0.1) is 11.8 Å². The van der Waals surface area contributed by atoms with E-state index in [0.29, 0.717) is 29.5 Å². The van der Waals surface area contributed by atoms with E-state index in [4.69, 9.17) is 4.74 Å². The molecule has 1 saturated carbocycles. The number of likely N-dealkylation sites (N-methyl/N-ethyl adjacent to an activating group) is 1. The Labute approximate surface area is 224 Å². The molecule has 1 fully saturated rings. The molecule has 0 radical (unpaired) electrons. The highest BCUT2D eigenvalue weighted by Gasteiger charge is 2.34. The number of thiophene rings is 1. The van der Waals surface area contributed by atoms with E-state index < -0.39 is 10.0 Å². The van der Waals surface area contributed by atoms with Crippen LogP contribution >= 0.6 is 11.3 Å². The van der Waals surface area contributed by atoms with Gasteiger partial charge in [-0.1, -0.05) is 32.3 Å². The van der Waals surface area contributed by atoms with Crippen LogP contribution in [0.25, 0.3) is 0 Å². The quantitative estimate of drug-likeness (QED) is 0.484. The van der Waals surface area contributed by atoms with E-state index >= 15 is 0 Å². The molecule has 2 aliphatic rings. The van der Waals surface area contributed by atoms with Gasteiger partial charge in [-0.25, -0.2) is 8.42 Å². The number of ether oxygens (including phenoxy) is 1. The van der Waals surface area contributed by atoms with Gasteiger partial charge in [0.25, 0.3) is 15.9 Å². The third kappa shape index (κ3) is 6.85. The minimum absolute atomic E-state index is 0.0388. The van der Waals surface area contributed by atoms with E-state index in [2.05, 4.69) is 23.6 Å².